The molecule has 0 bridgehead atoms. The lowest BCUT2D eigenvalue weighted by atomic mass is 10.1. The highest BCUT2D eigenvalue weighted by Crippen LogP contribution is 2.24. The van der Waals surface area contributed by atoms with Crippen molar-refractivity contribution in [2.24, 2.45) is 0 Å². The third-order valence-corrected chi connectivity index (χ3v) is 7.56. The summed E-state index contributed by atoms with van der Waals surface area (Å²) in [5, 5.41) is 3.64. The molecule has 0 atom stereocenters. The summed E-state index contributed by atoms with van der Waals surface area (Å²) in [4.78, 5) is 44.0. The van der Waals surface area contributed by atoms with Crippen molar-refractivity contribution in [1.29, 1.82) is 0 Å². The van der Waals surface area contributed by atoms with Crippen molar-refractivity contribution in [3.05, 3.63) is 94.0 Å². The summed E-state index contributed by atoms with van der Waals surface area (Å²) in [5.74, 6) is -0.122. The minimum atomic E-state index is -0.433. The fraction of sp³-hybridized carbons (Fsp3) is 0.241. The Kier molecular flexibility index (Phi) is 7.55. The van der Waals surface area contributed by atoms with Gasteiger partial charge in [0.25, 0.3) is 11.5 Å². The van der Waals surface area contributed by atoms with Gasteiger partial charge in [0.15, 0.2) is 10.9 Å². The molecule has 194 valence electrons. The molecule has 1 heterocycles. The monoisotopic (exact) mass is 531 g/mol. The number of amides is 1. The first kappa shape index (κ1) is 25.7. The molecule has 1 fully saturated rings. The number of rotatable bonds is 8. The lowest BCUT2D eigenvalue weighted by Gasteiger charge is -2.15. The fourth-order valence-electron chi connectivity index (χ4n) is 4.55. The highest BCUT2D eigenvalue weighted by atomic mass is 32.2. The van der Waals surface area contributed by atoms with Crippen molar-refractivity contribution < 1.29 is 18.7 Å². The molecule has 1 aliphatic rings. The van der Waals surface area contributed by atoms with E-state index >= 15 is 0 Å². The average Bonchev–Trinajstić information content (AvgIpc) is 3.45. The van der Waals surface area contributed by atoms with E-state index in [9.17, 15) is 18.8 Å². The minimum absolute atomic E-state index is 0.0212. The lowest BCUT2D eigenvalue weighted by Crippen LogP contribution is -2.32. The molecule has 1 amide bonds. The van der Waals surface area contributed by atoms with Crippen LogP contribution >= 0.6 is 11.8 Å². The summed E-state index contributed by atoms with van der Waals surface area (Å²) < 4.78 is 20.1. The number of benzene rings is 3. The van der Waals surface area contributed by atoms with E-state index in [1.54, 1.807) is 49.6 Å². The summed E-state index contributed by atoms with van der Waals surface area (Å²) in [7, 11) is 1.55. The Morgan fingerprint density at radius 2 is 1.71 bits per heavy atom. The van der Waals surface area contributed by atoms with Crippen molar-refractivity contribution in [3.63, 3.8) is 0 Å². The van der Waals surface area contributed by atoms with Crippen molar-refractivity contribution in [2.45, 2.75) is 36.9 Å². The summed E-state index contributed by atoms with van der Waals surface area (Å²) in [5.41, 5.74) is 1.32. The van der Waals surface area contributed by atoms with Crippen molar-refractivity contribution in [3.8, 4) is 11.4 Å². The maximum absolute atomic E-state index is 13.6. The van der Waals surface area contributed by atoms with Crippen LogP contribution in [0.3, 0.4) is 0 Å². The number of nitrogens with zero attached hydrogens (tertiary/aromatic N) is 2. The number of Topliss-reactive ketones (excluding diaryl/α,β-unsaturated/α-hetero) is 1. The first-order chi connectivity index (χ1) is 18.4. The van der Waals surface area contributed by atoms with Crippen molar-refractivity contribution in [1.82, 2.24) is 14.9 Å². The van der Waals surface area contributed by atoms with Crippen LogP contribution in [-0.2, 0) is 0 Å². The molecule has 3 aromatic carbocycles. The van der Waals surface area contributed by atoms with Gasteiger partial charge in [-0.2, -0.15) is 0 Å². The summed E-state index contributed by atoms with van der Waals surface area (Å²) >= 11 is 1.11. The number of carbonyl (C=O) groups excluding carboxylic acids is 2. The molecule has 9 heteroatoms. The molecule has 38 heavy (non-hydrogen) atoms. The van der Waals surface area contributed by atoms with E-state index in [2.05, 4.69) is 10.3 Å². The first-order valence-corrected chi connectivity index (χ1v) is 13.3. The van der Waals surface area contributed by atoms with Gasteiger partial charge in [-0.3, -0.25) is 19.0 Å². The molecule has 1 saturated carbocycles. The fourth-order valence-corrected chi connectivity index (χ4v) is 5.46. The highest BCUT2D eigenvalue weighted by molar-refractivity contribution is 7.99. The van der Waals surface area contributed by atoms with Crippen LogP contribution in [0.2, 0.25) is 0 Å². The first-order valence-electron chi connectivity index (χ1n) is 12.4. The maximum atomic E-state index is 13.6. The number of hydrogen-bond acceptors (Lipinski definition) is 6. The molecule has 0 spiro atoms. The van der Waals surface area contributed by atoms with Gasteiger partial charge in [0.05, 0.1) is 29.5 Å². The molecule has 0 radical (unpaired) electrons. The standard InChI is InChI=1S/C29H26FN3O4S/c1-37-23-13-6-18(7-14-23)26(34)17-38-29-32-25-16-19(27(35)31-21-4-2-3-5-21)8-15-24(25)28(36)33(29)22-11-9-20(30)10-12-22/h6-16,21H,2-5,17H2,1H3,(H,31,35). The maximum Gasteiger partial charge on any atom is 0.266 e. The van der Waals surface area contributed by atoms with Crippen LogP contribution in [0, 0.1) is 5.82 Å². The third-order valence-electron chi connectivity index (χ3n) is 6.62. The molecule has 0 saturated heterocycles. The van der Waals surface area contributed by atoms with Crippen LogP contribution in [0.1, 0.15) is 46.4 Å². The molecule has 1 aromatic heterocycles. The number of nitrogens with one attached hydrogen (secondary N) is 1. The summed E-state index contributed by atoms with van der Waals surface area (Å²) in [6.07, 6.45) is 4.12. The van der Waals surface area contributed by atoms with Crippen LogP contribution in [0.25, 0.3) is 16.6 Å². The number of thioether (sulfide) groups is 1. The zero-order valence-electron chi connectivity index (χ0n) is 20.8. The number of halogens is 1. The van der Waals surface area contributed by atoms with Crippen molar-refractivity contribution in [2.75, 3.05) is 12.9 Å². The Hall–Kier alpha value is -3.98. The van der Waals surface area contributed by atoms with Crippen LogP contribution in [-0.4, -0.2) is 40.1 Å². The van der Waals surface area contributed by atoms with Gasteiger partial charge in [-0.25, -0.2) is 9.37 Å². The number of hydrogen-bond donors (Lipinski definition) is 1. The van der Waals surface area contributed by atoms with E-state index in [1.165, 1.54) is 28.8 Å². The average molecular weight is 532 g/mol. The lowest BCUT2D eigenvalue weighted by molar-refractivity contribution is 0.0937. The van der Waals surface area contributed by atoms with E-state index in [0.29, 0.717) is 33.5 Å². The van der Waals surface area contributed by atoms with Crippen LogP contribution in [0.15, 0.2) is 76.7 Å². The largest absolute Gasteiger partial charge is 0.497 e. The SMILES string of the molecule is COc1ccc(C(=O)CSc2nc3cc(C(=O)NC4CCCC4)ccc3c(=O)n2-c2ccc(F)cc2)cc1. The Bertz CT molecular complexity index is 1550. The summed E-state index contributed by atoms with van der Waals surface area (Å²) in [6.45, 7) is 0. The predicted molar refractivity (Wildman–Crippen MR) is 145 cm³/mol. The van der Waals surface area contributed by atoms with Gasteiger partial charge in [-0.15, -0.1) is 0 Å². The predicted octanol–water partition coefficient (Wildman–Crippen LogP) is 5.18. The summed E-state index contributed by atoms with van der Waals surface area (Å²) in [6, 6.07) is 17.2. The molecule has 7 nitrogen and oxygen atoms in total. The van der Waals surface area contributed by atoms with Crippen molar-refractivity contribution >= 4 is 34.4 Å². The molecule has 0 aliphatic heterocycles. The van der Waals surface area contributed by atoms with Gasteiger partial charge in [-0.05, 0) is 79.6 Å². The van der Waals surface area contributed by atoms with E-state index < -0.39 is 5.82 Å². The minimum Gasteiger partial charge on any atom is -0.497 e. The van der Waals surface area contributed by atoms with Crippen LogP contribution < -0.4 is 15.6 Å². The quantitative estimate of drug-likeness (QED) is 0.191. The molecule has 1 N–H and O–H groups in total. The van der Waals surface area contributed by atoms with E-state index in [-0.39, 0.29) is 34.2 Å². The molecular weight excluding hydrogens is 505 g/mol. The number of ether oxygens (including phenoxy) is 1. The number of aromatic nitrogens is 2. The van der Waals surface area contributed by atoms with Gasteiger partial charge < -0.3 is 10.1 Å². The number of methoxy groups -OCH3 is 1. The molecule has 5 rings (SSSR count). The van der Waals surface area contributed by atoms with Gasteiger partial charge in [-0.1, -0.05) is 24.6 Å². The second-order valence-electron chi connectivity index (χ2n) is 9.14. The molecule has 1 aliphatic carbocycles. The number of ketones is 1. The van der Waals surface area contributed by atoms with Crippen LogP contribution in [0.4, 0.5) is 4.39 Å². The topological polar surface area (TPSA) is 90.3 Å². The Morgan fingerprint density at radius 1 is 1.03 bits per heavy atom. The second kappa shape index (κ2) is 11.2. The zero-order chi connectivity index (χ0) is 26.6. The molecular formula is C29H26FN3O4S. The number of carbonyl (C=O) groups is 2. The second-order valence-corrected chi connectivity index (χ2v) is 10.1. The van der Waals surface area contributed by atoms with Gasteiger partial charge in [0.1, 0.15) is 11.6 Å². The normalized spacial score (nSPS) is 13.5. The van der Waals surface area contributed by atoms with E-state index in [0.717, 1.165) is 37.4 Å². The van der Waals surface area contributed by atoms with Crippen LogP contribution in [0.5, 0.6) is 5.75 Å². The Labute approximate surface area is 223 Å². The smallest absolute Gasteiger partial charge is 0.266 e. The number of fused-ring (bicyclic) bond motifs is 1. The zero-order valence-corrected chi connectivity index (χ0v) is 21.6. The van der Waals surface area contributed by atoms with Gasteiger partial charge in [0, 0.05) is 17.2 Å². The van der Waals surface area contributed by atoms with Gasteiger partial charge in [0.2, 0.25) is 0 Å². The highest BCUT2D eigenvalue weighted by Gasteiger charge is 2.20. The molecule has 4 aromatic rings. The Morgan fingerprint density at radius 3 is 2.39 bits per heavy atom. The van der Waals surface area contributed by atoms with E-state index in [4.69, 9.17) is 4.74 Å². The van der Waals surface area contributed by atoms with E-state index in [1.807, 2.05) is 0 Å². The van der Waals surface area contributed by atoms with Gasteiger partial charge >= 0.3 is 0 Å². The molecule has 0 unspecified atom stereocenters. The Balaban J connectivity index is 1.50. The third kappa shape index (κ3) is 5.47.